The number of amides is 2. The monoisotopic (exact) mass is 424 g/mol. The van der Waals surface area contributed by atoms with Gasteiger partial charge in [0, 0.05) is 24.3 Å². The lowest BCUT2D eigenvalue weighted by Gasteiger charge is -2.17. The first-order valence-electron chi connectivity index (χ1n) is 10.8. The summed E-state index contributed by atoms with van der Waals surface area (Å²) in [7, 11) is 0. The molecule has 0 aromatic heterocycles. The number of hydrogen-bond acceptors (Lipinski definition) is 4. The summed E-state index contributed by atoms with van der Waals surface area (Å²) in [5.41, 5.74) is 3.70. The van der Waals surface area contributed by atoms with Crippen molar-refractivity contribution in [1.29, 1.82) is 0 Å². The van der Waals surface area contributed by atoms with Crippen LogP contribution < -0.4 is 10.8 Å². The fourth-order valence-corrected chi connectivity index (χ4v) is 3.42. The van der Waals surface area contributed by atoms with Crippen LogP contribution in [0.4, 0.5) is 5.69 Å². The van der Waals surface area contributed by atoms with Crippen LogP contribution in [-0.2, 0) is 16.0 Å². The van der Waals surface area contributed by atoms with E-state index in [1.54, 1.807) is 29.7 Å². The predicted molar refractivity (Wildman–Crippen MR) is 121 cm³/mol. The Morgan fingerprint density at radius 1 is 0.935 bits per heavy atom. The number of nitrogens with one attached hydrogen (secondary N) is 2. The first-order chi connectivity index (χ1) is 14.9. The van der Waals surface area contributed by atoms with Gasteiger partial charge in [-0.25, -0.2) is 5.48 Å². The van der Waals surface area contributed by atoms with Gasteiger partial charge in [-0.15, -0.1) is 0 Å². The van der Waals surface area contributed by atoms with E-state index in [0.717, 1.165) is 24.8 Å². The summed E-state index contributed by atoms with van der Waals surface area (Å²) < 4.78 is 0. The van der Waals surface area contributed by atoms with E-state index in [4.69, 9.17) is 5.21 Å². The zero-order valence-corrected chi connectivity index (χ0v) is 18.3. The van der Waals surface area contributed by atoms with Crippen LogP contribution in [0.1, 0.15) is 61.9 Å². The SMILES string of the molecule is CC(C)CCC(=O)c1ccccc1NC(=O)C(CCCc1ccccc1)CC(=O)NO. The predicted octanol–water partition coefficient (Wildman–Crippen LogP) is 4.78. The second-order valence-corrected chi connectivity index (χ2v) is 8.20. The first-order valence-corrected chi connectivity index (χ1v) is 10.8. The molecule has 0 spiro atoms. The molecule has 0 saturated carbocycles. The third-order valence-corrected chi connectivity index (χ3v) is 5.22. The van der Waals surface area contributed by atoms with Crippen molar-refractivity contribution < 1.29 is 19.6 Å². The van der Waals surface area contributed by atoms with Gasteiger partial charge in [0.05, 0.1) is 5.69 Å². The van der Waals surface area contributed by atoms with Gasteiger partial charge in [0.15, 0.2) is 5.78 Å². The summed E-state index contributed by atoms with van der Waals surface area (Å²) in [6.45, 7) is 4.13. The number of carbonyl (C=O) groups excluding carboxylic acids is 3. The van der Waals surface area contributed by atoms with Gasteiger partial charge in [0.25, 0.3) is 0 Å². The number of hydrogen-bond donors (Lipinski definition) is 3. The van der Waals surface area contributed by atoms with E-state index >= 15 is 0 Å². The molecular formula is C25H32N2O4. The third-order valence-electron chi connectivity index (χ3n) is 5.22. The maximum atomic E-state index is 13.0. The average Bonchev–Trinajstić information content (AvgIpc) is 2.77. The van der Waals surface area contributed by atoms with Gasteiger partial charge in [-0.2, -0.15) is 0 Å². The number of carbonyl (C=O) groups is 3. The lowest BCUT2D eigenvalue weighted by atomic mass is 9.94. The lowest BCUT2D eigenvalue weighted by molar-refractivity contribution is -0.133. The van der Waals surface area contributed by atoms with E-state index in [1.165, 1.54) is 0 Å². The van der Waals surface area contributed by atoms with Crippen molar-refractivity contribution in [3.63, 3.8) is 0 Å². The highest BCUT2D eigenvalue weighted by Crippen LogP contribution is 2.22. The van der Waals surface area contributed by atoms with E-state index in [-0.39, 0.29) is 18.1 Å². The number of aryl methyl sites for hydroxylation is 1. The Morgan fingerprint density at radius 3 is 2.29 bits per heavy atom. The molecule has 6 nitrogen and oxygen atoms in total. The van der Waals surface area contributed by atoms with Gasteiger partial charge in [-0.1, -0.05) is 56.3 Å². The zero-order valence-electron chi connectivity index (χ0n) is 18.3. The van der Waals surface area contributed by atoms with Crippen molar-refractivity contribution in [2.45, 2.75) is 52.4 Å². The zero-order chi connectivity index (χ0) is 22.6. The van der Waals surface area contributed by atoms with Gasteiger partial charge in [-0.05, 0) is 49.3 Å². The summed E-state index contributed by atoms with van der Waals surface area (Å²) in [6.07, 6.45) is 3.06. The molecule has 2 aromatic carbocycles. The van der Waals surface area contributed by atoms with Crippen molar-refractivity contribution in [1.82, 2.24) is 5.48 Å². The molecule has 2 amide bonds. The molecule has 0 radical (unpaired) electrons. The number of benzene rings is 2. The Morgan fingerprint density at radius 2 is 1.61 bits per heavy atom. The van der Waals surface area contributed by atoms with Crippen molar-refractivity contribution >= 4 is 23.3 Å². The van der Waals surface area contributed by atoms with Crippen LogP contribution in [0.25, 0.3) is 0 Å². The van der Waals surface area contributed by atoms with E-state index < -0.39 is 11.8 Å². The Kier molecular flexibility index (Phi) is 9.91. The van der Waals surface area contributed by atoms with Gasteiger partial charge < -0.3 is 5.32 Å². The van der Waals surface area contributed by atoms with Crippen LogP contribution in [0, 0.1) is 11.8 Å². The molecule has 31 heavy (non-hydrogen) atoms. The molecule has 0 aliphatic carbocycles. The average molecular weight is 425 g/mol. The van der Waals surface area contributed by atoms with Gasteiger partial charge >= 0.3 is 0 Å². The summed E-state index contributed by atoms with van der Waals surface area (Å²) >= 11 is 0. The molecule has 166 valence electrons. The Hall–Kier alpha value is -2.99. The Labute approximate surface area is 184 Å². The second-order valence-electron chi connectivity index (χ2n) is 8.20. The summed E-state index contributed by atoms with van der Waals surface area (Å²) in [5.74, 6) is -1.16. The number of rotatable bonds is 12. The van der Waals surface area contributed by atoms with Crippen molar-refractivity contribution in [3.8, 4) is 0 Å². The lowest BCUT2D eigenvalue weighted by Crippen LogP contribution is -2.30. The number of hydroxylamine groups is 1. The smallest absolute Gasteiger partial charge is 0.244 e. The fraction of sp³-hybridized carbons (Fsp3) is 0.400. The topological polar surface area (TPSA) is 95.5 Å². The third kappa shape index (κ3) is 8.34. The molecule has 2 rings (SSSR count). The highest BCUT2D eigenvalue weighted by molar-refractivity contribution is 6.05. The quantitative estimate of drug-likeness (QED) is 0.260. The van der Waals surface area contributed by atoms with Gasteiger partial charge in [0.1, 0.15) is 0 Å². The molecule has 0 fully saturated rings. The summed E-state index contributed by atoms with van der Waals surface area (Å²) in [4.78, 5) is 37.3. The summed E-state index contributed by atoms with van der Waals surface area (Å²) in [5, 5.41) is 11.7. The molecule has 6 heteroatoms. The summed E-state index contributed by atoms with van der Waals surface area (Å²) in [6, 6.07) is 16.9. The number of Topliss-reactive ketones (excluding diaryl/α,β-unsaturated/α-hetero) is 1. The van der Waals surface area contributed by atoms with Crippen LogP contribution in [0.2, 0.25) is 0 Å². The molecule has 2 aromatic rings. The molecule has 0 saturated heterocycles. The first kappa shape index (κ1) is 24.3. The Bertz CT molecular complexity index is 865. The number of anilines is 1. The van der Waals surface area contributed by atoms with Gasteiger partial charge in [-0.3, -0.25) is 19.6 Å². The largest absolute Gasteiger partial charge is 0.325 e. The molecule has 0 bridgehead atoms. The van der Waals surface area contributed by atoms with Crippen LogP contribution in [0.3, 0.4) is 0 Å². The molecule has 0 aliphatic rings. The minimum atomic E-state index is -0.616. The standard InChI is InChI=1S/C25H32N2O4/c1-18(2)15-16-23(28)21-13-6-7-14-22(21)26-25(30)20(17-24(29)27-31)12-8-11-19-9-4-3-5-10-19/h3-7,9-10,13-14,18,20,31H,8,11-12,15-17H2,1-2H3,(H,26,30)(H,27,29). The van der Waals surface area contributed by atoms with E-state index in [2.05, 4.69) is 19.2 Å². The normalized spacial score (nSPS) is 11.7. The van der Waals surface area contributed by atoms with Crippen LogP contribution in [0.15, 0.2) is 54.6 Å². The van der Waals surface area contributed by atoms with Crippen LogP contribution in [0.5, 0.6) is 0 Å². The maximum Gasteiger partial charge on any atom is 0.244 e. The molecule has 1 atom stereocenters. The molecule has 3 N–H and O–H groups in total. The van der Waals surface area contributed by atoms with E-state index in [9.17, 15) is 14.4 Å². The maximum absolute atomic E-state index is 13.0. The highest BCUT2D eigenvalue weighted by Gasteiger charge is 2.23. The van der Waals surface area contributed by atoms with Crippen LogP contribution in [-0.4, -0.2) is 22.8 Å². The van der Waals surface area contributed by atoms with Crippen molar-refractivity contribution in [3.05, 3.63) is 65.7 Å². The van der Waals surface area contributed by atoms with Crippen molar-refractivity contribution in [2.24, 2.45) is 11.8 Å². The minimum absolute atomic E-state index is 0.0154. The molecule has 0 heterocycles. The molecular weight excluding hydrogens is 392 g/mol. The molecule has 1 unspecified atom stereocenters. The molecule has 0 aliphatic heterocycles. The minimum Gasteiger partial charge on any atom is -0.325 e. The number of ketones is 1. The van der Waals surface area contributed by atoms with E-state index in [0.29, 0.717) is 30.0 Å². The number of para-hydroxylation sites is 1. The fourth-order valence-electron chi connectivity index (χ4n) is 3.42. The van der Waals surface area contributed by atoms with E-state index in [1.807, 2.05) is 30.3 Å². The van der Waals surface area contributed by atoms with Crippen molar-refractivity contribution in [2.75, 3.05) is 5.32 Å². The second kappa shape index (κ2) is 12.6. The van der Waals surface area contributed by atoms with Gasteiger partial charge in [0.2, 0.25) is 11.8 Å². The van der Waals surface area contributed by atoms with Crippen LogP contribution >= 0.6 is 0 Å². The highest BCUT2D eigenvalue weighted by atomic mass is 16.5. The Balaban J connectivity index is 2.06.